The van der Waals surface area contributed by atoms with Crippen molar-refractivity contribution in [3.05, 3.63) is 126 Å². The van der Waals surface area contributed by atoms with E-state index in [1.54, 1.807) is 27.1 Å². The second-order valence-corrected chi connectivity index (χ2v) is 10.2. The summed E-state index contributed by atoms with van der Waals surface area (Å²) in [6.45, 7) is 5.23. The molecule has 0 aliphatic carbocycles. The molecule has 1 amide bonds. The zero-order chi connectivity index (χ0) is 27.3. The van der Waals surface area contributed by atoms with Crippen LogP contribution in [-0.2, 0) is 21.5 Å². The van der Waals surface area contributed by atoms with Gasteiger partial charge in [-0.05, 0) is 37.5 Å². The fraction of sp³-hybridized carbons (Fsp3) is 0.258. The fourth-order valence-electron chi connectivity index (χ4n) is 4.69. The maximum Gasteiger partial charge on any atom is 0.410 e. The number of amides is 1. The number of carboxylic acids is 1. The summed E-state index contributed by atoms with van der Waals surface area (Å²) in [6.07, 6.45) is 2.92. The Kier molecular flexibility index (Phi) is 7.67. The Hall–Kier alpha value is -4.39. The first-order valence-corrected chi connectivity index (χ1v) is 12.5. The van der Waals surface area contributed by atoms with E-state index in [1.165, 1.54) is 7.05 Å². The van der Waals surface area contributed by atoms with Crippen LogP contribution in [0, 0.1) is 0 Å². The first kappa shape index (κ1) is 26.7. The molecule has 0 bridgehead atoms. The van der Waals surface area contributed by atoms with Crippen molar-refractivity contribution in [1.29, 1.82) is 0 Å². The van der Waals surface area contributed by atoms with Crippen LogP contribution < -0.4 is 0 Å². The lowest BCUT2D eigenvalue weighted by atomic mass is 9.77. The molecule has 1 N–H and O–H groups in total. The van der Waals surface area contributed by atoms with Gasteiger partial charge in [0.05, 0.1) is 12.0 Å². The van der Waals surface area contributed by atoms with E-state index in [0.29, 0.717) is 5.69 Å². The standard InChI is InChI=1S/C31H33N3O4/c1-30(2,3)38-29(37)33(4)27(28(35)36)20-26-21-34(22-32-26)31(23-14-8-5-9-15-23,24-16-10-6-11-17-24)25-18-12-7-13-19-25/h5-19,21-22,27H,20H2,1-4H3,(H,35,36)/t27-/m0/s1. The van der Waals surface area contributed by atoms with Crippen LogP contribution in [-0.4, -0.2) is 50.3 Å². The van der Waals surface area contributed by atoms with Crippen molar-refractivity contribution < 1.29 is 19.4 Å². The normalized spacial score (nSPS) is 12.5. The Balaban J connectivity index is 1.81. The van der Waals surface area contributed by atoms with Crippen molar-refractivity contribution in [3.8, 4) is 0 Å². The minimum atomic E-state index is -1.15. The molecule has 0 aliphatic rings. The monoisotopic (exact) mass is 511 g/mol. The fourth-order valence-corrected chi connectivity index (χ4v) is 4.69. The number of hydrogen-bond donors (Lipinski definition) is 1. The molecule has 0 aliphatic heterocycles. The molecule has 7 heteroatoms. The topological polar surface area (TPSA) is 84.7 Å². The molecule has 196 valence electrons. The van der Waals surface area contributed by atoms with Crippen LogP contribution in [0.1, 0.15) is 43.2 Å². The summed E-state index contributed by atoms with van der Waals surface area (Å²) >= 11 is 0. The molecule has 0 unspecified atom stereocenters. The molecule has 1 heterocycles. The molecule has 0 saturated heterocycles. The first-order chi connectivity index (χ1) is 18.1. The van der Waals surface area contributed by atoms with Crippen LogP contribution in [0.2, 0.25) is 0 Å². The molecule has 1 atom stereocenters. The highest BCUT2D eigenvalue weighted by Crippen LogP contribution is 2.40. The van der Waals surface area contributed by atoms with Gasteiger partial charge in [0.1, 0.15) is 17.2 Å². The molecule has 4 rings (SSSR count). The zero-order valence-corrected chi connectivity index (χ0v) is 22.1. The van der Waals surface area contributed by atoms with Crippen LogP contribution in [0.15, 0.2) is 104 Å². The number of benzene rings is 3. The lowest BCUT2D eigenvalue weighted by Crippen LogP contribution is -2.46. The highest BCUT2D eigenvalue weighted by molar-refractivity contribution is 5.80. The van der Waals surface area contributed by atoms with E-state index in [2.05, 4.69) is 41.4 Å². The van der Waals surface area contributed by atoms with E-state index in [9.17, 15) is 14.7 Å². The molecule has 3 aromatic carbocycles. The first-order valence-electron chi connectivity index (χ1n) is 12.5. The zero-order valence-electron chi connectivity index (χ0n) is 22.1. The molecule has 38 heavy (non-hydrogen) atoms. The third-order valence-electron chi connectivity index (χ3n) is 6.43. The number of carbonyl (C=O) groups excluding carboxylic acids is 1. The van der Waals surface area contributed by atoms with Gasteiger partial charge in [-0.25, -0.2) is 14.6 Å². The van der Waals surface area contributed by atoms with E-state index in [-0.39, 0.29) is 6.42 Å². The van der Waals surface area contributed by atoms with Crippen LogP contribution in [0.3, 0.4) is 0 Å². The summed E-state index contributed by atoms with van der Waals surface area (Å²) < 4.78 is 7.42. The van der Waals surface area contributed by atoms with Gasteiger partial charge in [-0.1, -0.05) is 91.0 Å². The number of rotatable bonds is 8. The smallest absolute Gasteiger partial charge is 0.410 e. The van der Waals surface area contributed by atoms with Crippen molar-refractivity contribution >= 4 is 12.1 Å². The van der Waals surface area contributed by atoms with Crippen molar-refractivity contribution in [2.75, 3.05) is 7.05 Å². The van der Waals surface area contributed by atoms with Gasteiger partial charge < -0.3 is 14.4 Å². The highest BCUT2D eigenvalue weighted by atomic mass is 16.6. The average molecular weight is 512 g/mol. The summed E-state index contributed by atoms with van der Waals surface area (Å²) in [5.74, 6) is -1.13. The number of nitrogens with zero attached hydrogens (tertiary/aromatic N) is 3. The number of aliphatic carboxylic acids is 1. The second kappa shape index (κ2) is 10.9. The number of hydrogen-bond acceptors (Lipinski definition) is 4. The van der Waals surface area contributed by atoms with Gasteiger partial charge in [-0.2, -0.15) is 0 Å². The maximum absolute atomic E-state index is 12.6. The highest BCUT2D eigenvalue weighted by Gasteiger charge is 2.39. The number of likely N-dealkylation sites (N-methyl/N-ethyl adjacent to an activating group) is 1. The summed E-state index contributed by atoms with van der Waals surface area (Å²) in [5, 5.41) is 9.97. The largest absolute Gasteiger partial charge is 0.480 e. The Labute approximate surface area is 223 Å². The Bertz CT molecular complexity index is 1270. The minimum absolute atomic E-state index is 0.0204. The van der Waals surface area contributed by atoms with Gasteiger partial charge in [0.2, 0.25) is 0 Å². The third-order valence-corrected chi connectivity index (χ3v) is 6.43. The SMILES string of the molecule is CN(C(=O)OC(C)(C)C)[C@@H](Cc1cn(C(c2ccccc2)(c2ccccc2)c2ccccc2)cn1)C(=O)O. The number of imidazole rings is 1. The van der Waals surface area contributed by atoms with Crippen molar-refractivity contribution in [2.45, 2.75) is 44.4 Å². The van der Waals surface area contributed by atoms with Gasteiger partial charge in [0.25, 0.3) is 0 Å². The summed E-state index contributed by atoms with van der Waals surface area (Å²) in [7, 11) is 1.44. The number of carbonyl (C=O) groups is 2. The summed E-state index contributed by atoms with van der Waals surface area (Å²) in [5.41, 5.74) is 2.13. The second-order valence-electron chi connectivity index (χ2n) is 10.2. The molecule has 7 nitrogen and oxygen atoms in total. The van der Waals surface area contributed by atoms with Crippen LogP contribution in [0.25, 0.3) is 0 Å². The van der Waals surface area contributed by atoms with Crippen LogP contribution >= 0.6 is 0 Å². The van der Waals surface area contributed by atoms with Crippen molar-refractivity contribution in [3.63, 3.8) is 0 Å². The van der Waals surface area contributed by atoms with E-state index in [1.807, 2.05) is 65.4 Å². The Morgan fingerprint density at radius 3 is 1.71 bits per heavy atom. The van der Waals surface area contributed by atoms with E-state index in [4.69, 9.17) is 4.74 Å². The maximum atomic E-state index is 12.6. The van der Waals surface area contributed by atoms with Crippen LogP contribution in [0.4, 0.5) is 4.79 Å². The third kappa shape index (κ3) is 5.47. The molecule has 0 fully saturated rings. The average Bonchev–Trinajstić information content (AvgIpc) is 3.37. The van der Waals surface area contributed by atoms with Crippen molar-refractivity contribution in [1.82, 2.24) is 14.5 Å². The van der Waals surface area contributed by atoms with E-state index < -0.39 is 29.2 Å². The molecule has 0 saturated carbocycles. The van der Waals surface area contributed by atoms with Gasteiger partial charge in [0.15, 0.2) is 0 Å². The molecular weight excluding hydrogens is 478 g/mol. The Morgan fingerprint density at radius 1 is 0.868 bits per heavy atom. The lowest BCUT2D eigenvalue weighted by Gasteiger charge is -2.37. The molecule has 0 radical (unpaired) electrons. The lowest BCUT2D eigenvalue weighted by molar-refractivity contribution is -0.142. The summed E-state index contributed by atoms with van der Waals surface area (Å²) in [6, 6.07) is 29.3. The summed E-state index contributed by atoms with van der Waals surface area (Å²) in [4.78, 5) is 30.6. The van der Waals surface area contributed by atoms with Gasteiger partial charge in [-0.3, -0.25) is 4.90 Å². The predicted molar refractivity (Wildman–Crippen MR) is 146 cm³/mol. The van der Waals surface area contributed by atoms with Gasteiger partial charge >= 0.3 is 12.1 Å². The molecule has 0 spiro atoms. The molecule has 1 aromatic heterocycles. The van der Waals surface area contributed by atoms with Crippen molar-refractivity contribution in [2.24, 2.45) is 0 Å². The Morgan fingerprint density at radius 2 is 1.32 bits per heavy atom. The molecular formula is C31H33N3O4. The molecule has 4 aromatic rings. The number of aromatic nitrogens is 2. The predicted octanol–water partition coefficient (Wildman–Crippen LogP) is 5.59. The van der Waals surface area contributed by atoms with Crippen LogP contribution in [0.5, 0.6) is 0 Å². The number of ether oxygens (including phenoxy) is 1. The van der Waals surface area contributed by atoms with E-state index >= 15 is 0 Å². The minimum Gasteiger partial charge on any atom is -0.480 e. The van der Waals surface area contributed by atoms with Gasteiger partial charge in [-0.15, -0.1) is 0 Å². The van der Waals surface area contributed by atoms with E-state index in [0.717, 1.165) is 21.6 Å². The number of carboxylic acid groups (broad SMARTS) is 1. The quantitative estimate of drug-likeness (QED) is 0.312. The van der Waals surface area contributed by atoms with Gasteiger partial charge in [0, 0.05) is 19.7 Å².